The van der Waals surface area contributed by atoms with Crippen molar-refractivity contribution in [2.45, 2.75) is 6.10 Å². The van der Waals surface area contributed by atoms with E-state index in [-0.39, 0.29) is 0 Å². The van der Waals surface area contributed by atoms with Gasteiger partial charge in [0.05, 0.1) is 0 Å². The highest BCUT2D eigenvalue weighted by Gasteiger charge is 2.25. The highest BCUT2D eigenvalue weighted by Crippen LogP contribution is 2.37. The molecule has 6 heteroatoms. The average Bonchev–Trinajstić information content (AvgIpc) is 1.83. The molecule has 0 aliphatic heterocycles. The average molecular weight is 165 g/mol. The van der Waals surface area contributed by atoms with Gasteiger partial charge >= 0.3 is 7.60 Å². The fourth-order valence-corrected chi connectivity index (χ4v) is 0.734. The highest BCUT2D eigenvalue weighted by atomic mass is 31.2. The van der Waals surface area contributed by atoms with Crippen molar-refractivity contribution in [1.29, 1.82) is 5.41 Å². The van der Waals surface area contributed by atoms with Gasteiger partial charge in [0.25, 0.3) is 0 Å². The number of aliphatic hydroxyl groups excluding tert-OH is 1. The Morgan fingerprint density at radius 2 is 2.10 bits per heavy atom. The minimum absolute atomic E-state index is 0.876. The van der Waals surface area contributed by atoms with Crippen molar-refractivity contribution < 1.29 is 19.5 Å². The Hall–Kier alpha value is -0.480. The van der Waals surface area contributed by atoms with E-state index in [0.29, 0.717) is 0 Å². The molecular formula is C4H8NO4P. The van der Waals surface area contributed by atoms with Gasteiger partial charge in [-0.2, -0.15) is 0 Å². The first-order chi connectivity index (χ1) is 4.39. The summed E-state index contributed by atoms with van der Waals surface area (Å²) in [6, 6.07) is 0. The van der Waals surface area contributed by atoms with Crippen LogP contribution in [0.25, 0.3) is 0 Å². The van der Waals surface area contributed by atoms with Crippen LogP contribution >= 0.6 is 7.60 Å². The minimum Gasteiger partial charge on any atom is -0.382 e. The zero-order valence-electron chi connectivity index (χ0n) is 5.06. The molecule has 0 rings (SSSR count). The quantitative estimate of drug-likeness (QED) is 0.261. The van der Waals surface area contributed by atoms with Gasteiger partial charge in [-0.1, -0.05) is 6.08 Å². The lowest BCUT2D eigenvalue weighted by molar-refractivity contribution is 0.286. The molecule has 0 saturated heterocycles. The molecule has 10 heavy (non-hydrogen) atoms. The maximum Gasteiger partial charge on any atom is 0.372 e. The summed E-state index contributed by atoms with van der Waals surface area (Å²) in [7, 11) is -4.57. The van der Waals surface area contributed by atoms with Crippen LogP contribution < -0.4 is 0 Å². The summed E-state index contributed by atoms with van der Waals surface area (Å²) in [5.41, 5.74) is -1.03. The fraction of sp³-hybridized carbons (Fsp3) is 0.250. The van der Waals surface area contributed by atoms with Crippen LogP contribution in [0.3, 0.4) is 0 Å². The van der Waals surface area contributed by atoms with Crippen LogP contribution in [0.4, 0.5) is 0 Å². The first kappa shape index (κ1) is 9.52. The van der Waals surface area contributed by atoms with Gasteiger partial charge in [-0.15, -0.1) is 6.58 Å². The van der Waals surface area contributed by atoms with Crippen LogP contribution in [0, 0.1) is 5.41 Å². The fourth-order valence-electron chi connectivity index (χ4n) is 0.284. The molecular weight excluding hydrogens is 157 g/mol. The van der Waals surface area contributed by atoms with E-state index in [1.807, 2.05) is 0 Å². The van der Waals surface area contributed by atoms with Crippen molar-refractivity contribution >= 4 is 13.0 Å². The molecule has 0 amide bonds. The number of hydrogen-bond acceptors (Lipinski definition) is 3. The van der Waals surface area contributed by atoms with Gasteiger partial charge in [-0.3, -0.25) is 9.97 Å². The van der Waals surface area contributed by atoms with Crippen molar-refractivity contribution in [3.8, 4) is 0 Å². The topological polar surface area (TPSA) is 102 Å². The molecule has 0 aliphatic rings. The SMILES string of the molecule is C=CC(O)C(=N)P(=O)(O)O. The number of rotatable bonds is 3. The molecule has 0 heterocycles. The molecule has 0 aromatic rings. The normalized spacial score (nSPS) is 14.3. The number of hydrogen-bond donors (Lipinski definition) is 4. The van der Waals surface area contributed by atoms with Crippen LogP contribution in [0.1, 0.15) is 0 Å². The molecule has 0 radical (unpaired) electrons. The molecule has 0 fully saturated rings. The zero-order chi connectivity index (χ0) is 8.36. The van der Waals surface area contributed by atoms with Crippen LogP contribution in [0.15, 0.2) is 12.7 Å². The predicted octanol–water partition coefficient (Wildman–Crippen LogP) is -0.312. The maximum atomic E-state index is 10.2. The van der Waals surface area contributed by atoms with Crippen LogP contribution in [-0.4, -0.2) is 26.5 Å². The molecule has 4 N–H and O–H groups in total. The molecule has 0 aromatic carbocycles. The largest absolute Gasteiger partial charge is 0.382 e. The Morgan fingerprint density at radius 1 is 1.70 bits per heavy atom. The molecule has 5 nitrogen and oxygen atoms in total. The molecule has 1 unspecified atom stereocenters. The summed E-state index contributed by atoms with van der Waals surface area (Å²) in [5, 5.41) is 15.3. The van der Waals surface area contributed by atoms with Gasteiger partial charge in [0, 0.05) is 0 Å². The van der Waals surface area contributed by atoms with Gasteiger partial charge in [-0.25, -0.2) is 0 Å². The lowest BCUT2D eigenvalue weighted by Crippen LogP contribution is -2.15. The highest BCUT2D eigenvalue weighted by molar-refractivity contribution is 7.70. The predicted molar refractivity (Wildman–Crippen MR) is 36.0 cm³/mol. The van der Waals surface area contributed by atoms with Crippen molar-refractivity contribution in [1.82, 2.24) is 0 Å². The lowest BCUT2D eigenvalue weighted by Gasteiger charge is -2.07. The molecule has 1 atom stereocenters. The number of aliphatic hydroxyl groups is 1. The summed E-state index contributed by atoms with van der Waals surface area (Å²) in [4.78, 5) is 16.5. The Morgan fingerprint density at radius 3 is 2.20 bits per heavy atom. The van der Waals surface area contributed by atoms with E-state index in [1.54, 1.807) is 0 Å². The van der Waals surface area contributed by atoms with Crippen LogP contribution in [-0.2, 0) is 4.57 Å². The minimum atomic E-state index is -4.57. The van der Waals surface area contributed by atoms with Crippen LogP contribution in [0.2, 0.25) is 0 Å². The molecule has 58 valence electrons. The van der Waals surface area contributed by atoms with E-state index >= 15 is 0 Å². The van der Waals surface area contributed by atoms with Gasteiger partial charge in [0.1, 0.15) is 6.10 Å². The third kappa shape index (κ3) is 2.41. The molecule has 0 aromatic heterocycles. The van der Waals surface area contributed by atoms with Gasteiger partial charge in [-0.05, 0) is 0 Å². The Labute approximate surface area is 57.7 Å². The maximum absolute atomic E-state index is 10.2. The van der Waals surface area contributed by atoms with Gasteiger partial charge in [0.2, 0.25) is 0 Å². The second-order valence-corrected chi connectivity index (χ2v) is 3.18. The summed E-state index contributed by atoms with van der Waals surface area (Å²) in [5.74, 6) is 0. The third-order valence-electron chi connectivity index (χ3n) is 0.817. The van der Waals surface area contributed by atoms with E-state index < -0.39 is 19.2 Å². The Bertz CT molecular complexity index is 195. The Balaban J connectivity index is 4.38. The summed E-state index contributed by atoms with van der Waals surface area (Å²) in [6.45, 7) is 3.06. The first-order valence-electron chi connectivity index (χ1n) is 2.34. The van der Waals surface area contributed by atoms with Crippen molar-refractivity contribution in [3.63, 3.8) is 0 Å². The van der Waals surface area contributed by atoms with E-state index in [1.165, 1.54) is 0 Å². The summed E-state index contributed by atoms with van der Waals surface area (Å²) < 4.78 is 10.2. The molecule has 0 aliphatic carbocycles. The molecule has 0 spiro atoms. The number of nitrogens with one attached hydrogen (secondary N) is 1. The zero-order valence-corrected chi connectivity index (χ0v) is 5.95. The second-order valence-electron chi connectivity index (χ2n) is 1.61. The van der Waals surface area contributed by atoms with E-state index in [2.05, 4.69) is 6.58 Å². The standard InChI is InChI=1S/C4H8NO4P/c1-2-3(6)4(5)10(7,8)9/h2-3,5-6H,1H2,(H2,7,8,9). The van der Waals surface area contributed by atoms with E-state index in [0.717, 1.165) is 6.08 Å². The van der Waals surface area contributed by atoms with Crippen molar-refractivity contribution in [3.05, 3.63) is 12.7 Å². The monoisotopic (exact) mass is 165 g/mol. The molecule has 0 bridgehead atoms. The van der Waals surface area contributed by atoms with E-state index in [9.17, 15) is 4.57 Å². The smallest absolute Gasteiger partial charge is 0.372 e. The van der Waals surface area contributed by atoms with Crippen molar-refractivity contribution in [2.75, 3.05) is 0 Å². The third-order valence-corrected chi connectivity index (χ3v) is 1.71. The van der Waals surface area contributed by atoms with E-state index in [4.69, 9.17) is 20.3 Å². The molecule has 0 saturated carbocycles. The van der Waals surface area contributed by atoms with Crippen molar-refractivity contribution in [2.24, 2.45) is 0 Å². The lowest BCUT2D eigenvalue weighted by atomic mass is 10.4. The first-order valence-corrected chi connectivity index (χ1v) is 3.96. The summed E-state index contributed by atoms with van der Waals surface area (Å²) >= 11 is 0. The van der Waals surface area contributed by atoms with Gasteiger partial charge in [0.15, 0.2) is 5.45 Å². The van der Waals surface area contributed by atoms with Gasteiger partial charge < -0.3 is 14.9 Å². The van der Waals surface area contributed by atoms with Crippen LogP contribution in [0.5, 0.6) is 0 Å². The Kier molecular flexibility index (Phi) is 2.93. The second kappa shape index (κ2) is 3.07. The summed E-state index contributed by atoms with van der Waals surface area (Å²) in [6.07, 6.45) is -0.678.